The number of fused-ring (bicyclic) bond motifs is 7. The van der Waals surface area contributed by atoms with Crippen molar-refractivity contribution in [3.63, 3.8) is 0 Å². The van der Waals surface area contributed by atoms with E-state index in [1.807, 2.05) is 30.3 Å². The van der Waals surface area contributed by atoms with Gasteiger partial charge in [0.1, 0.15) is 24.6 Å². The summed E-state index contributed by atoms with van der Waals surface area (Å²) in [5.41, 5.74) is 4.13. The van der Waals surface area contributed by atoms with Gasteiger partial charge < -0.3 is 25.4 Å². The Labute approximate surface area is 211 Å². The Kier molecular flexibility index (Phi) is 7.18. The smallest absolute Gasteiger partial charge is 0.237 e. The number of hydrogen-bond donors (Lipinski definition) is 3. The number of carbonyl (C=O) groups is 1. The van der Waals surface area contributed by atoms with Crippen molar-refractivity contribution in [3.8, 4) is 11.5 Å². The van der Waals surface area contributed by atoms with E-state index in [4.69, 9.17) is 9.47 Å². The highest BCUT2D eigenvalue weighted by Gasteiger charge is 2.29. The molecule has 2 aromatic carbocycles. The lowest BCUT2D eigenvalue weighted by Gasteiger charge is -2.35. The van der Waals surface area contributed by atoms with Gasteiger partial charge in [0.15, 0.2) is 11.5 Å². The molecule has 2 aliphatic heterocycles. The predicted octanol–water partition coefficient (Wildman–Crippen LogP) is 4.14. The first-order valence-corrected chi connectivity index (χ1v) is 12.4. The second-order valence-electron chi connectivity index (χ2n) is 9.17. The molecule has 0 radical (unpaired) electrons. The highest BCUT2D eigenvalue weighted by molar-refractivity contribution is 5.81. The Morgan fingerprint density at radius 3 is 2.61 bits per heavy atom. The van der Waals surface area contributed by atoms with Gasteiger partial charge in [0, 0.05) is 30.1 Å². The Morgan fingerprint density at radius 2 is 1.81 bits per heavy atom. The van der Waals surface area contributed by atoms with E-state index in [9.17, 15) is 4.79 Å². The lowest BCUT2D eigenvalue weighted by Crippen LogP contribution is -2.49. The molecule has 0 aliphatic carbocycles. The second-order valence-corrected chi connectivity index (χ2v) is 9.17. The molecule has 3 heterocycles. The predicted molar refractivity (Wildman–Crippen MR) is 139 cm³/mol. The van der Waals surface area contributed by atoms with Crippen molar-refractivity contribution in [3.05, 3.63) is 59.9 Å². The molecule has 9 nitrogen and oxygen atoms in total. The summed E-state index contributed by atoms with van der Waals surface area (Å²) in [4.78, 5) is 24.2. The molecule has 5 rings (SSSR count). The van der Waals surface area contributed by atoms with Gasteiger partial charge in [-0.15, -0.1) is 0 Å². The first kappa shape index (κ1) is 23.9. The maximum atomic E-state index is 13.1. The summed E-state index contributed by atoms with van der Waals surface area (Å²) in [7, 11) is 1.61. The van der Waals surface area contributed by atoms with Crippen molar-refractivity contribution in [2.45, 2.75) is 38.8 Å². The third-order valence-corrected chi connectivity index (χ3v) is 6.67. The fourth-order valence-corrected chi connectivity index (χ4v) is 4.73. The molecular weight excluding hydrogens is 456 g/mol. The lowest BCUT2D eigenvalue weighted by atomic mass is 9.99. The number of benzene rings is 2. The van der Waals surface area contributed by atoms with Crippen LogP contribution in [0.2, 0.25) is 0 Å². The fourth-order valence-electron chi connectivity index (χ4n) is 4.73. The minimum absolute atomic E-state index is 0.0526. The SMILES string of the molecule is COc1ccc2cc1OCCNC(=O)C1CCCCN1Cc1cc(ccc1C)Nc1cc(ncn1)N2. The number of amides is 1. The van der Waals surface area contributed by atoms with Crippen LogP contribution in [0.1, 0.15) is 30.4 Å². The van der Waals surface area contributed by atoms with Gasteiger partial charge in [-0.3, -0.25) is 9.69 Å². The second kappa shape index (κ2) is 10.8. The van der Waals surface area contributed by atoms with Gasteiger partial charge in [0.05, 0.1) is 19.7 Å². The van der Waals surface area contributed by atoms with Crippen LogP contribution in [0.3, 0.4) is 0 Å². The van der Waals surface area contributed by atoms with Crippen LogP contribution in [0, 0.1) is 6.92 Å². The molecule has 3 aromatic rings. The highest BCUT2D eigenvalue weighted by Crippen LogP contribution is 2.32. The number of nitrogens with one attached hydrogen (secondary N) is 3. The summed E-state index contributed by atoms with van der Waals surface area (Å²) in [5.74, 6) is 2.60. The van der Waals surface area contributed by atoms with E-state index in [1.54, 1.807) is 7.11 Å². The molecule has 2 aliphatic rings. The van der Waals surface area contributed by atoms with Crippen LogP contribution >= 0.6 is 0 Å². The monoisotopic (exact) mass is 488 g/mol. The fraction of sp³-hybridized carbons (Fsp3) is 0.370. The Bertz CT molecular complexity index is 1230. The standard InChI is InChI=1S/C27H32N6O3/c1-18-6-7-20-13-19(18)16-33-11-4-3-5-22(33)27(34)28-10-12-36-24-14-21(8-9-23(24)35-2)32-26-15-25(31-20)29-17-30-26/h6-9,13-15,17,22H,3-5,10-12,16H2,1-2H3,(H,28,34)(H2,29,30,31,32). The van der Waals surface area contributed by atoms with E-state index < -0.39 is 0 Å². The number of rotatable bonds is 1. The van der Waals surface area contributed by atoms with Crippen molar-refractivity contribution in [1.82, 2.24) is 20.2 Å². The molecule has 36 heavy (non-hydrogen) atoms. The minimum Gasteiger partial charge on any atom is -0.493 e. The van der Waals surface area contributed by atoms with E-state index in [0.29, 0.717) is 36.3 Å². The van der Waals surface area contributed by atoms with Crippen LogP contribution in [0.5, 0.6) is 11.5 Å². The molecule has 1 amide bonds. The van der Waals surface area contributed by atoms with Crippen molar-refractivity contribution < 1.29 is 14.3 Å². The third-order valence-electron chi connectivity index (χ3n) is 6.67. The number of hydrogen-bond acceptors (Lipinski definition) is 8. The van der Waals surface area contributed by atoms with Crippen LogP contribution < -0.4 is 25.4 Å². The summed E-state index contributed by atoms with van der Waals surface area (Å²) in [6.45, 7) is 4.48. The van der Waals surface area contributed by atoms with E-state index in [1.165, 1.54) is 17.5 Å². The largest absolute Gasteiger partial charge is 0.493 e. The normalized spacial score (nSPS) is 18.6. The molecule has 188 valence electrons. The number of methoxy groups -OCH3 is 1. The molecule has 1 saturated heterocycles. The number of nitrogens with zero attached hydrogens (tertiary/aromatic N) is 3. The number of ether oxygens (including phenoxy) is 2. The Balaban J connectivity index is 1.48. The average Bonchev–Trinajstić information content (AvgIpc) is 2.89. The molecule has 3 N–H and O–H groups in total. The Hall–Kier alpha value is -3.85. The number of piperidine rings is 1. The van der Waals surface area contributed by atoms with E-state index in [2.05, 4.69) is 49.9 Å². The molecule has 0 spiro atoms. The first-order valence-electron chi connectivity index (χ1n) is 12.4. The van der Waals surface area contributed by atoms with Crippen molar-refractivity contribution in [1.29, 1.82) is 0 Å². The van der Waals surface area contributed by atoms with Crippen LogP contribution in [-0.4, -0.2) is 53.6 Å². The number of carbonyl (C=O) groups excluding carboxylic acids is 1. The van der Waals surface area contributed by atoms with Gasteiger partial charge in [-0.2, -0.15) is 0 Å². The maximum Gasteiger partial charge on any atom is 0.237 e. The molecule has 6 bridgehead atoms. The van der Waals surface area contributed by atoms with Crippen LogP contribution in [-0.2, 0) is 11.3 Å². The van der Waals surface area contributed by atoms with Crippen LogP contribution in [0.25, 0.3) is 0 Å². The zero-order chi connectivity index (χ0) is 24.9. The molecule has 1 atom stereocenters. The summed E-state index contributed by atoms with van der Waals surface area (Å²) < 4.78 is 11.4. The van der Waals surface area contributed by atoms with Gasteiger partial charge in [-0.25, -0.2) is 9.97 Å². The van der Waals surface area contributed by atoms with Crippen molar-refractivity contribution >= 4 is 28.9 Å². The number of aryl methyl sites for hydroxylation is 1. The van der Waals surface area contributed by atoms with Gasteiger partial charge in [-0.1, -0.05) is 12.5 Å². The number of anilines is 4. The van der Waals surface area contributed by atoms with Gasteiger partial charge >= 0.3 is 0 Å². The molecule has 0 saturated carbocycles. The molecule has 1 aromatic heterocycles. The average molecular weight is 489 g/mol. The summed E-state index contributed by atoms with van der Waals surface area (Å²) in [6.07, 6.45) is 4.53. The minimum atomic E-state index is -0.150. The summed E-state index contributed by atoms with van der Waals surface area (Å²) >= 11 is 0. The third kappa shape index (κ3) is 5.52. The highest BCUT2D eigenvalue weighted by atomic mass is 16.5. The van der Waals surface area contributed by atoms with E-state index in [-0.39, 0.29) is 11.9 Å². The molecular formula is C27H32N6O3. The van der Waals surface area contributed by atoms with E-state index in [0.717, 1.165) is 43.7 Å². The van der Waals surface area contributed by atoms with Gasteiger partial charge in [0.25, 0.3) is 0 Å². The van der Waals surface area contributed by atoms with Gasteiger partial charge in [-0.05, 0) is 61.7 Å². The summed E-state index contributed by atoms with van der Waals surface area (Å²) in [6, 6.07) is 13.6. The van der Waals surface area contributed by atoms with Gasteiger partial charge in [0.2, 0.25) is 5.91 Å². The molecule has 1 unspecified atom stereocenters. The zero-order valence-corrected chi connectivity index (χ0v) is 20.7. The summed E-state index contributed by atoms with van der Waals surface area (Å²) in [5, 5.41) is 9.77. The molecule has 1 fully saturated rings. The Morgan fingerprint density at radius 1 is 1.03 bits per heavy atom. The maximum absolute atomic E-state index is 13.1. The number of aromatic nitrogens is 2. The lowest BCUT2D eigenvalue weighted by molar-refractivity contribution is -0.128. The van der Waals surface area contributed by atoms with Crippen LogP contribution in [0.15, 0.2) is 48.8 Å². The molecule has 9 heteroatoms. The van der Waals surface area contributed by atoms with Crippen molar-refractivity contribution in [2.24, 2.45) is 0 Å². The van der Waals surface area contributed by atoms with Crippen molar-refractivity contribution in [2.75, 3.05) is 37.4 Å². The quantitative estimate of drug-likeness (QED) is 0.470. The zero-order valence-electron chi connectivity index (χ0n) is 20.7. The topological polar surface area (TPSA) is 101 Å². The van der Waals surface area contributed by atoms with Crippen LogP contribution in [0.4, 0.5) is 23.0 Å². The first-order chi connectivity index (χ1) is 17.6. The van der Waals surface area contributed by atoms with E-state index >= 15 is 0 Å².